The Labute approximate surface area is 124 Å². The second-order valence-electron chi connectivity index (χ2n) is 6.07. The zero-order chi connectivity index (χ0) is 14.7. The number of nitrogens with zero attached hydrogens (tertiary/aromatic N) is 3. The lowest BCUT2D eigenvalue weighted by atomic mass is 10.1. The van der Waals surface area contributed by atoms with Gasteiger partial charge in [0.25, 0.3) is 0 Å². The van der Waals surface area contributed by atoms with Gasteiger partial charge in [-0.25, -0.2) is 0 Å². The highest BCUT2D eigenvalue weighted by atomic mass is 32.2. The molecule has 1 heterocycles. The van der Waals surface area contributed by atoms with Gasteiger partial charge in [0, 0.05) is 12.5 Å². The average Bonchev–Trinajstić information content (AvgIpc) is 2.94. The maximum Gasteiger partial charge on any atom is 0.313 e. The van der Waals surface area contributed by atoms with Crippen molar-refractivity contribution in [3.05, 3.63) is 5.82 Å². The van der Waals surface area contributed by atoms with Crippen LogP contribution in [0.3, 0.4) is 0 Å². The lowest BCUT2D eigenvalue weighted by molar-refractivity contribution is -0.133. The summed E-state index contributed by atoms with van der Waals surface area (Å²) in [6.07, 6.45) is 3.79. The van der Waals surface area contributed by atoms with Gasteiger partial charge in [-0.15, -0.1) is 10.2 Å². The molecule has 2 rings (SSSR count). The largest absolute Gasteiger partial charge is 0.481 e. The first-order valence-electron chi connectivity index (χ1n) is 7.25. The number of carboxylic acids is 1. The van der Waals surface area contributed by atoms with Crippen LogP contribution in [-0.2, 0) is 11.3 Å². The molecule has 5 nitrogen and oxygen atoms in total. The fourth-order valence-electron chi connectivity index (χ4n) is 2.88. The third kappa shape index (κ3) is 3.75. The highest BCUT2D eigenvalue weighted by Gasteiger charge is 2.25. The van der Waals surface area contributed by atoms with Gasteiger partial charge in [-0.2, -0.15) is 0 Å². The van der Waals surface area contributed by atoms with Crippen LogP contribution in [0.25, 0.3) is 0 Å². The first-order valence-corrected chi connectivity index (χ1v) is 8.23. The fourth-order valence-corrected chi connectivity index (χ4v) is 3.56. The van der Waals surface area contributed by atoms with Crippen LogP contribution in [0.15, 0.2) is 5.16 Å². The second kappa shape index (κ2) is 6.61. The summed E-state index contributed by atoms with van der Waals surface area (Å²) in [7, 11) is 0. The molecule has 1 aliphatic rings. The minimum atomic E-state index is -0.815. The molecule has 0 bridgehead atoms. The van der Waals surface area contributed by atoms with Crippen LogP contribution < -0.4 is 0 Å². The zero-order valence-electron chi connectivity index (χ0n) is 12.4. The molecule has 1 aliphatic carbocycles. The van der Waals surface area contributed by atoms with Crippen molar-refractivity contribution in [1.82, 2.24) is 14.8 Å². The van der Waals surface area contributed by atoms with E-state index in [1.807, 2.05) is 0 Å². The molecule has 0 spiro atoms. The number of hydrogen-bond acceptors (Lipinski definition) is 4. The molecule has 112 valence electrons. The number of carbonyl (C=O) groups is 1. The molecule has 0 radical (unpaired) electrons. The molecule has 0 saturated heterocycles. The topological polar surface area (TPSA) is 68.0 Å². The number of aromatic nitrogens is 3. The summed E-state index contributed by atoms with van der Waals surface area (Å²) in [5.74, 6) is 1.97. The summed E-state index contributed by atoms with van der Waals surface area (Å²) in [6, 6.07) is 0. The molecule has 1 aromatic heterocycles. The highest BCUT2D eigenvalue weighted by molar-refractivity contribution is 7.99. The Morgan fingerprint density at radius 2 is 2.20 bits per heavy atom. The van der Waals surface area contributed by atoms with Crippen molar-refractivity contribution >= 4 is 17.7 Å². The van der Waals surface area contributed by atoms with Gasteiger partial charge in [-0.3, -0.25) is 4.79 Å². The number of aliphatic carboxylic acids is 1. The van der Waals surface area contributed by atoms with Gasteiger partial charge in [0.2, 0.25) is 0 Å². The number of rotatable bonds is 6. The molecule has 2 atom stereocenters. The SMILES string of the molecule is CC1CCC(Cn2c(SCC(=O)O)nnc2C(C)C)C1. The number of carboxylic acid groups (broad SMARTS) is 1. The molecule has 20 heavy (non-hydrogen) atoms. The second-order valence-corrected chi connectivity index (χ2v) is 7.02. The third-order valence-corrected chi connectivity index (χ3v) is 4.78. The normalized spacial score (nSPS) is 22.6. The maximum atomic E-state index is 10.7. The Bertz CT molecular complexity index is 473. The van der Waals surface area contributed by atoms with Crippen LogP contribution >= 0.6 is 11.8 Å². The zero-order valence-corrected chi connectivity index (χ0v) is 13.2. The lowest BCUT2D eigenvalue weighted by Gasteiger charge is -2.16. The third-order valence-electron chi connectivity index (χ3n) is 3.83. The molecule has 6 heteroatoms. The van der Waals surface area contributed by atoms with E-state index in [1.54, 1.807) is 0 Å². The smallest absolute Gasteiger partial charge is 0.313 e. The van der Waals surface area contributed by atoms with Gasteiger partial charge in [0.1, 0.15) is 5.82 Å². The Balaban J connectivity index is 2.13. The van der Waals surface area contributed by atoms with E-state index in [0.717, 1.165) is 23.4 Å². The molecule has 0 aromatic carbocycles. The van der Waals surface area contributed by atoms with E-state index < -0.39 is 5.97 Å². The predicted octanol–water partition coefficient (Wildman–Crippen LogP) is 3.01. The Hall–Kier alpha value is -1.04. The maximum absolute atomic E-state index is 10.7. The van der Waals surface area contributed by atoms with Crippen molar-refractivity contribution in [2.45, 2.75) is 57.7 Å². The minimum absolute atomic E-state index is 0.0390. The molecule has 0 amide bonds. The fraction of sp³-hybridized carbons (Fsp3) is 0.786. The number of hydrogen-bond donors (Lipinski definition) is 1. The van der Waals surface area contributed by atoms with Crippen molar-refractivity contribution in [3.8, 4) is 0 Å². The average molecular weight is 297 g/mol. The summed E-state index contributed by atoms with van der Waals surface area (Å²) in [5.41, 5.74) is 0. The lowest BCUT2D eigenvalue weighted by Crippen LogP contribution is -2.13. The van der Waals surface area contributed by atoms with Gasteiger partial charge in [0.05, 0.1) is 5.75 Å². The minimum Gasteiger partial charge on any atom is -0.481 e. The van der Waals surface area contributed by atoms with Crippen LogP contribution in [0.2, 0.25) is 0 Å². The predicted molar refractivity (Wildman–Crippen MR) is 79.0 cm³/mol. The van der Waals surface area contributed by atoms with E-state index in [4.69, 9.17) is 5.11 Å². The van der Waals surface area contributed by atoms with E-state index in [-0.39, 0.29) is 5.75 Å². The van der Waals surface area contributed by atoms with E-state index in [2.05, 4.69) is 35.5 Å². The number of thioether (sulfide) groups is 1. The van der Waals surface area contributed by atoms with Crippen molar-refractivity contribution in [2.75, 3.05) is 5.75 Å². The molecular weight excluding hydrogens is 274 g/mol. The van der Waals surface area contributed by atoms with Crippen LogP contribution in [0.1, 0.15) is 51.8 Å². The van der Waals surface area contributed by atoms with Gasteiger partial charge in [-0.05, 0) is 24.7 Å². The van der Waals surface area contributed by atoms with Gasteiger partial charge < -0.3 is 9.67 Å². The van der Waals surface area contributed by atoms with Crippen molar-refractivity contribution < 1.29 is 9.90 Å². The first-order chi connectivity index (χ1) is 9.47. The van der Waals surface area contributed by atoms with Gasteiger partial charge in [0.15, 0.2) is 5.16 Å². The van der Waals surface area contributed by atoms with Gasteiger partial charge in [-0.1, -0.05) is 39.0 Å². The summed E-state index contributed by atoms with van der Waals surface area (Å²) in [4.78, 5) is 10.7. The molecule has 1 aromatic rings. The van der Waals surface area contributed by atoms with Crippen molar-refractivity contribution in [1.29, 1.82) is 0 Å². The molecular formula is C14H23N3O2S. The van der Waals surface area contributed by atoms with Crippen molar-refractivity contribution in [3.63, 3.8) is 0 Å². The monoisotopic (exact) mass is 297 g/mol. The molecule has 1 N–H and O–H groups in total. The standard InChI is InChI=1S/C14H23N3O2S/c1-9(2)13-15-16-14(20-8-12(18)19)17(13)7-11-5-4-10(3)6-11/h9-11H,4-8H2,1-3H3,(H,18,19). The Morgan fingerprint density at radius 3 is 2.75 bits per heavy atom. The first kappa shape index (κ1) is 15.4. The molecule has 1 fully saturated rings. The Kier molecular flexibility index (Phi) is 5.07. The molecule has 1 saturated carbocycles. The van der Waals surface area contributed by atoms with Crippen LogP contribution in [-0.4, -0.2) is 31.6 Å². The summed E-state index contributed by atoms with van der Waals surface area (Å²) < 4.78 is 2.14. The van der Waals surface area contributed by atoms with E-state index in [9.17, 15) is 4.79 Å². The van der Waals surface area contributed by atoms with Crippen molar-refractivity contribution in [2.24, 2.45) is 11.8 Å². The Morgan fingerprint density at radius 1 is 1.45 bits per heavy atom. The van der Waals surface area contributed by atoms with Crippen LogP contribution in [0.5, 0.6) is 0 Å². The van der Waals surface area contributed by atoms with Crippen LogP contribution in [0.4, 0.5) is 0 Å². The molecule has 2 unspecified atom stereocenters. The summed E-state index contributed by atoms with van der Waals surface area (Å²) in [6.45, 7) is 7.43. The molecule has 0 aliphatic heterocycles. The van der Waals surface area contributed by atoms with Crippen LogP contribution in [0, 0.1) is 11.8 Å². The summed E-state index contributed by atoms with van der Waals surface area (Å²) in [5, 5.41) is 18.0. The highest BCUT2D eigenvalue weighted by Crippen LogP contribution is 2.33. The van der Waals surface area contributed by atoms with E-state index in [0.29, 0.717) is 11.8 Å². The van der Waals surface area contributed by atoms with E-state index >= 15 is 0 Å². The van der Waals surface area contributed by atoms with E-state index in [1.165, 1.54) is 31.0 Å². The quantitative estimate of drug-likeness (QED) is 0.817. The summed E-state index contributed by atoms with van der Waals surface area (Å²) >= 11 is 1.27. The van der Waals surface area contributed by atoms with Gasteiger partial charge >= 0.3 is 5.97 Å².